The number of nitrogens with zero attached hydrogens (tertiary/aromatic N) is 3. The van der Waals surface area contributed by atoms with Crippen LogP contribution in [0, 0.1) is 5.82 Å². The van der Waals surface area contributed by atoms with Crippen molar-refractivity contribution in [3.05, 3.63) is 76.0 Å². The minimum Gasteiger partial charge on any atom is -0.336 e. The third-order valence-electron chi connectivity index (χ3n) is 6.92. The fourth-order valence-corrected chi connectivity index (χ4v) is 5.48. The largest absolute Gasteiger partial charge is 0.336 e. The minimum absolute atomic E-state index is 0.0870. The maximum absolute atomic E-state index is 13.4. The summed E-state index contributed by atoms with van der Waals surface area (Å²) in [5, 5.41) is 5.89. The van der Waals surface area contributed by atoms with Gasteiger partial charge in [0.05, 0.1) is 17.5 Å². The summed E-state index contributed by atoms with van der Waals surface area (Å²) in [5.74, 6) is 0.236. The summed E-state index contributed by atoms with van der Waals surface area (Å²) >= 11 is 0. The molecule has 2 aliphatic rings. The van der Waals surface area contributed by atoms with Crippen molar-refractivity contribution >= 4 is 16.7 Å². The number of halogens is 1. The van der Waals surface area contributed by atoms with Gasteiger partial charge in [0.1, 0.15) is 5.82 Å². The van der Waals surface area contributed by atoms with Crippen LogP contribution in [-0.2, 0) is 17.8 Å². The topological polar surface area (TPSA) is 55.2 Å². The fraction of sp³-hybridized carbons (Fsp3) is 0.400. The van der Waals surface area contributed by atoms with Crippen LogP contribution in [0.3, 0.4) is 0 Å². The molecule has 6 heteroatoms. The lowest BCUT2D eigenvalue weighted by Crippen LogP contribution is -2.46. The highest BCUT2D eigenvalue weighted by molar-refractivity contribution is 5.88. The molecule has 2 aromatic carbocycles. The molecule has 2 aliphatic heterocycles. The number of aromatic nitrogens is 2. The fourth-order valence-electron chi connectivity index (χ4n) is 5.48. The number of hydrogen-bond acceptors (Lipinski definition) is 3. The van der Waals surface area contributed by atoms with Crippen molar-refractivity contribution in [2.45, 2.75) is 63.6 Å². The molecule has 0 unspecified atom stereocenters. The van der Waals surface area contributed by atoms with Crippen LogP contribution < -0.4 is 5.56 Å². The average molecular weight is 420 g/mol. The Kier molecular flexibility index (Phi) is 5.08. The molecule has 0 spiro atoms. The number of carbonyl (C=O) groups excluding carboxylic acids is 1. The Morgan fingerprint density at radius 1 is 1.03 bits per heavy atom. The third kappa shape index (κ3) is 3.54. The van der Waals surface area contributed by atoms with E-state index in [0.717, 1.165) is 36.6 Å². The maximum Gasteiger partial charge on any atom is 0.274 e. The first kappa shape index (κ1) is 19.9. The van der Waals surface area contributed by atoms with Crippen molar-refractivity contribution in [2.75, 3.05) is 0 Å². The predicted octanol–water partition coefficient (Wildman–Crippen LogP) is 4.04. The molecule has 3 aromatic rings. The number of fused-ring (bicyclic) bond motifs is 3. The average Bonchev–Trinajstić information content (AvgIpc) is 3.06. The first-order valence-corrected chi connectivity index (χ1v) is 11.1. The highest BCUT2D eigenvalue weighted by Gasteiger charge is 2.43. The second-order valence-corrected chi connectivity index (χ2v) is 8.70. The van der Waals surface area contributed by atoms with Crippen LogP contribution in [0.4, 0.5) is 4.39 Å². The molecule has 1 amide bonds. The molecule has 2 atom stereocenters. The third-order valence-corrected chi connectivity index (χ3v) is 6.92. The van der Waals surface area contributed by atoms with E-state index >= 15 is 0 Å². The van der Waals surface area contributed by atoms with Crippen molar-refractivity contribution in [1.29, 1.82) is 0 Å². The first-order valence-electron chi connectivity index (χ1n) is 11.1. The van der Waals surface area contributed by atoms with E-state index in [1.165, 1.54) is 16.8 Å². The summed E-state index contributed by atoms with van der Waals surface area (Å²) in [7, 11) is 0. The van der Waals surface area contributed by atoms with Crippen molar-refractivity contribution in [3.63, 3.8) is 0 Å². The van der Waals surface area contributed by atoms with E-state index in [9.17, 15) is 14.0 Å². The summed E-state index contributed by atoms with van der Waals surface area (Å²) in [6, 6.07) is 14.6. The Bertz CT molecular complexity index is 1170. The smallest absolute Gasteiger partial charge is 0.274 e. The normalized spacial score (nSPS) is 22.8. The summed E-state index contributed by atoms with van der Waals surface area (Å²) in [4.78, 5) is 28.0. The van der Waals surface area contributed by atoms with Crippen LogP contribution in [0.1, 0.15) is 49.8 Å². The molecular weight excluding hydrogens is 393 g/mol. The number of amides is 1. The second-order valence-electron chi connectivity index (χ2n) is 8.70. The first-order chi connectivity index (χ1) is 15.0. The van der Waals surface area contributed by atoms with Gasteiger partial charge in [0.2, 0.25) is 5.91 Å². The zero-order valence-electron chi connectivity index (χ0n) is 17.6. The van der Waals surface area contributed by atoms with Gasteiger partial charge in [-0.05, 0) is 62.3 Å². The molecule has 5 nitrogen and oxygen atoms in total. The molecule has 2 fully saturated rings. The number of aryl methyl sites for hydroxylation is 1. The van der Waals surface area contributed by atoms with E-state index in [1.54, 1.807) is 6.07 Å². The Hall–Kier alpha value is -3.02. The Labute approximate surface area is 180 Å². The van der Waals surface area contributed by atoms with Crippen molar-refractivity contribution in [2.24, 2.45) is 0 Å². The van der Waals surface area contributed by atoms with Gasteiger partial charge in [-0.1, -0.05) is 30.3 Å². The number of hydrogen-bond donors (Lipinski definition) is 0. The minimum atomic E-state index is -0.215. The zero-order valence-corrected chi connectivity index (χ0v) is 17.6. The molecule has 0 aliphatic carbocycles. The van der Waals surface area contributed by atoms with Crippen molar-refractivity contribution < 1.29 is 9.18 Å². The molecule has 3 heterocycles. The number of benzene rings is 2. The summed E-state index contributed by atoms with van der Waals surface area (Å²) in [6.07, 6.45) is 4.05. The van der Waals surface area contributed by atoms with Gasteiger partial charge in [0.25, 0.3) is 5.56 Å². The van der Waals surface area contributed by atoms with Gasteiger partial charge < -0.3 is 4.90 Å². The molecular formula is C25H26FN3O2. The Morgan fingerprint density at radius 2 is 1.68 bits per heavy atom. The van der Waals surface area contributed by atoms with Gasteiger partial charge in [-0.25, -0.2) is 9.07 Å². The van der Waals surface area contributed by atoms with Crippen LogP contribution in [0.25, 0.3) is 10.8 Å². The second kappa shape index (κ2) is 7.91. The standard InChI is InChI=1S/C25H26FN3O2/c1-2-28-25(31)22-6-4-3-5-21(22)23(27-28)15-24(30)29-19-11-12-20(29)14-17(13-19)16-7-9-18(26)10-8-16/h3-10,17,19-20H,2,11-15H2,1H3/t19-,20-/m1/s1. The molecule has 31 heavy (non-hydrogen) atoms. The van der Waals surface area contributed by atoms with Gasteiger partial charge in [0, 0.05) is 24.0 Å². The Balaban J connectivity index is 1.39. The van der Waals surface area contributed by atoms with Crippen LogP contribution in [0.2, 0.25) is 0 Å². The van der Waals surface area contributed by atoms with E-state index in [-0.39, 0.29) is 35.8 Å². The van der Waals surface area contributed by atoms with Gasteiger partial charge >= 0.3 is 0 Å². The van der Waals surface area contributed by atoms with E-state index in [0.29, 0.717) is 23.5 Å². The molecule has 0 saturated carbocycles. The lowest BCUT2D eigenvalue weighted by Gasteiger charge is -2.39. The number of rotatable bonds is 4. The SMILES string of the molecule is CCn1nc(CC(=O)N2[C@@H]3CC[C@@H]2CC(c2ccc(F)cc2)C3)c2ccccc2c1=O. The quantitative estimate of drug-likeness (QED) is 0.642. The molecule has 0 N–H and O–H groups in total. The predicted molar refractivity (Wildman–Crippen MR) is 117 cm³/mol. The molecule has 2 bridgehead atoms. The van der Waals surface area contributed by atoms with Gasteiger partial charge in [-0.15, -0.1) is 0 Å². The summed E-state index contributed by atoms with van der Waals surface area (Å²) in [5.41, 5.74) is 1.71. The van der Waals surface area contributed by atoms with E-state index in [1.807, 2.05) is 37.3 Å². The van der Waals surface area contributed by atoms with Crippen LogP contribution in [0.15, 0.2) is 53.3 Å². The van der Waals surface area contributed by atoms with Crippen molar-refractivity contribution in [1.82, 2.24) is 14.7 Å². The molecule has 5 rings (SSSR count). The Morgan fingerprint density at radius 3 is 2.32 bits per heavy atom. The van der Waals surface area contributed by atoms with Gasteiger partial charge in [-0.2, -0.15) is 5.10 Å². The van der Waals surface area contributed by atoms with Crippen LogP contribution in [-0.4, -0.2) is 32.7 Å². The lowest BCUT2D eigenvalue weighted by atomic mass is 9.85. The van der Waals surface area contributed by atoms with Gasteiger partial charge in [0.15, 0.2) is 0 Å². The summed E-state index contributed by atoms with van der Waals surface area (Å²) in [6.45, 7) is 2.36. The highest BCUT2D eigenvalue weighted by atomic mass is 19.1. The van der Waals surface area contributed by atoms with E-state index in [4.69, 9.17) is 0 Å². The number of piperidine rings is 1. The van der Waals surface area contributed by atoms with E-state index < -0.39 is 0 Å². The van der Waals surface area contributed by atoms with Gasteiger partial charge in [-0.3, -0.25) is 9.59 Å². The van der Waals surface area contributed by atoms with Crippen LogP contribution in [0.5, 0.6) is 0 Å². The van der Waals surface area contributed by atoms with Crippen molar-refractivity contribution in [3.8, 4) is 0 Å². The molecule has 2 saturated heterocycles. The maximum atomic E-state index is 13.4. The number of carbonyl (C=O) groups is 1. The monoisotopic (exact) mass is 419 g/mol. The molecule has 160 valence electrons. The van der Waals surface area contributed by atoms with E-state index in [2.05, 4.69) is 10.00 Å². The molecule has 0 radical (unpaired) electrons. The highest BCUT2D eigenvalue weighted by Crippen LogP contribution is 2.43. The summed E-state index contributed by atoms with van der Waals surface area (Å²) < 4.78 is 14.7. The zero-order chi connectivity index (χ0) is 21.5. The lowest BCUT2D eigenvalue weighted by molar-refractivity contribution is -0.135. The molecule has 1 aromatic heterocycles. The van der Waals surface area contributed by atoms with Crippen LogP contribution >= 0.6 is 0 Å².